The third-order valence-electron chi connectivity index (χ3n) is 3.82. The van der Waals surface area contributed by atoms with Gasteiger partial charge in [0.05, 0.1) is 0 Å². The summed E-state index contributed by atoms with van der Waals surface area (Å²) in [7, 11) is 0. The van der Waals surface area contributed by atoms with Crippen LogP contribution in [0.15, 0.2) is 36.5 Å². The predicted octanol–water partition coefficient (Wildman–Crippen LogP) is 2.70. The van der Waals surface area contributed by atoms with Crippen molar-refractivity contribution in [3.8, 4) is 0 Å². The second kappa shape index (κ2) is 6.56. The molecule has 0 bridgehead atoms. The molecule has 5 heteroatoms. The summed E-state index contributed by atoms with van der Waals surface area (Å²) in [4.78, 5) is 22.9. The highest BCUT2D eigenvalue weighted by Gasteiger charge is 2.22. The van der Waals surface area contributed by atoms with Gasteiger partial charge in [0.15, 0.2) is 0 Å². The topological polar surface area (TPSA) is 58.1 Å². The Morgan fingerprint density at radius 2 is 2.18 bits per heavy atom. The molecule has 1 aliphatic heterocycles. The summed E-state index contributed by atoms with van der Waals surface area (Å²) in [6.45, 7) is 3.63. The fourth-order valence-corrected chi connectivity index (χ4v) is 2.62. The fourth-order valence-electron chi connectivity index (χ4n) is 2.62. The van der Waals surface area contributed by atoms with Crippen LogP contribution in [0.5, 0.6) is 0 Å². The Balaban J connectivity index is 1.79. The van der Waals surface area contributed by atoms with Gasteiger partial charge in [-0.15, -0.1) is 0 Å². The van der Waals surface area contributed by atoms with Crippen LogP contribution in [0.25, 0.3) is 0 Å². The van der Waals surface area contributed by atoms with Crippen molar-refractivity contribution < 1.29 is 4.79 Å². The van der Waals surface area contributed by atoms with Crippen molar-refractivity contribution in [2.45, 2.75) is 26.2 Å². The van der Waals surface area contributed by atoms with Crippen LogP contribution in [0.2, 0.25) is 0 Å². The van der Waals surface area contributed by atoms with Gasteiger partial charge >= 0.3 is 0 Å². The minimum absolute atomic E-state index is 0.135. The van der Waals surface area contributed by atoms with Gasteiger partial charge in [0, 0.05) is 25.0 Å². The molecular weight excluding hydrogens is 276 g/mol. The first kappa shape index (κ1) is 14.5. The Morgan fingerprint density at radius 3 is 3.05 bits per heavy atom. The van der Waals surface area contributed by atoms with Crippen LogP contribution in [0.3, 0.4) is 0 Å². The lowest BCUT2D eigenvalue weighted by molar-refractivity contribution is 0.0948. The molecule has 1 aliphatic rings. The second-order valence-electron chi connectivity index (χ2n) is 5.38. The first-order chi connectivity index (χ1) is 10.8. The van der Waals surface area contributed by atoms with E-state index in [0.29, 0.717) is 18.2 Å². The van der Waals surface area contributed by atoms with Crippen LogP contribution in [-0.4, -0.2) is 29.0 Å². The number of para-hydroxylation sites is 1. The maximum atomic E-state index is 12.1. The number of carbonyl (C=O) groups excluding carboxylic acids is 1. The summed E-state index contributed by atoms with van der Waals surface area (Å²) >= 11 is 0. The molecule has 1 aromatic carbocycles. The summed E-state index contributed by atoms with van der Waals surface area (Å²) in [5.41, 5.74) is 2.85. The Bertz CT molecular complexity index is 671. The molecule has 0 spiro atoms. The first-order valence-corrected chi connectivity index (χ1v) is 7.76. The molecule has 3 rings (SSSR count). The number of nitrogens with zero attached hydrogens (tertiary/aromatic N) is 3. The molecular formula is C17H20N4O. The van der Waals surface area contributed by atoms with Crippen LogP contribution >= 0.6 is 0 Å². The summed E-state index contributed by atoms with van der Waals surface area (Å²) in [5.74, 6) is 0.456. The van der Waals surface area contributed by atoms with Gasteiger partial charge in [-0.05, 0) is 30.5 Å². The summed E-state index contributed by atoms with van der Waals surface area (Å²) in [6, 6.07) is 9.91. The number of carbonyl (C=O) groups is 1. The van der Waals surface area contributed by atoms with Crippen LogP contribution in [0, 0.1) is 0 Å². The molecule has 2 aromatic rings. The molecule has 0 saturated heterocycles. The minimum Gasteiger partial charge on any atom is -0.351 e. The van der Waals surface area contributed by atoms with Gasteiger partial charge in [-0.25, -0.2) is 9.97 Å². The normalized spacial score (nSPS) is 13.0. The standard InChI is InChI=1S/C17H20N4O/c1-2-3-10-18-16(22)14-8-11-19-17(20-14)21-12-9-13-6-4-5-7-15(13)21/h4-8,11H,2-3,9-10,12H2,1H3,(H,18,22). The summed E-state index contributed by atoms with van der Waals surface area (Å²) in [6.07, 6.45) is 4.66. The monoisotopic (exact) mass is 296 g/mol. The van der Waals surface area contributed by atoms with E-state index in [9.17, 15) is 4.79 Å². The quantitative estimate of drug-likeness (QED) is 0.862. The van der Waals surface area contributed by atoms with Crippen molar-refractivity contribution in [3.05, 3.63) is 47.8 Å². The van der Waals surface area contributed by atoms with Crippen LogP contribution < -0.4 is 10.2 Å². The molecule has 0 atom stereocenters. The number of unbranched alkanes of at least 4 members (excludes halogenated alkanes) is 1. The molecule has 0 saturated carbocycles. The van der Waals surface area contributed by atoms with Crippen molar-refractivity contribution in [1.82, 2.24) is 15.3 Å². The molecule has 0 aliphatic carbocycles. The van der Waals surface area contributed by atoms with E-state index in [1.54, 1.807) is 12.3 Å². The van der Waals surface area contributed by atoms with Crippen molar-refractivity contribution in [2.75, 3.05) is 18.0 Å². The highest BCUT2D eigenvalue weighted by molar-refractivity contribution is 5.92. The number of rotatable bonds is 5. The molecule has 2 heterocycles. The molecule has 1 amide bonds. The third-order valence-corrected chi connectivity index (χ3v) is 3.82. The SMILES string of the molecule is CCCCNC(=O)c1ccnc(N2CCc3ccccc32)n1. The predicted molar refractivity (Wildman–Crippen MR) is 86.4 cm³/mol. The van der Waals surface area contributed by atoms with Crippen molar-refractivity contribution in [3.63, 3.8) is 0 Å². The van der Waals surface area contributed by atoms with Crippen molar-refractivity contribution in [2.24, 2.45) is 0 Å². The maximum Gasteiger partial charge on any atom is 0.270 e. The largest absolute Gasteiger partial charge is 0.351 e. The lowest BCUT2D eigenvalue weighted by Gasteiger charge is -2.17. The first-order valence-electron chi connectivity index (χ1n) is 7.76. The molecule has 1 aromatic heterocycles. The maximum absolute atomic E-state index is 12.1. The Kier molecular flexibility index (Phi) is 4.32. The van der Waals surface area contributed by atoms with Crippen LogP contribution in [0.1, 0.15) is 35.8 Å². The van der Waals surface area contributed by atoms with Crippen molar-refractivity contribution >= 4 is 17.5 Å². The second-order valence-corrected chi connectivity index (χ2v) is 5.38. The zero-order valence-corrected chi connectivity index (χ0v) is 12.7. The van der Waals surface area contributed by atoms with E-state index >= 15 is 0 Å². The van der Waals surface area contributed by atoms with E-state index in [-0.39, 0.29) is 5.91 Å². The lowest BCUT2D eigenvalue weighted by atomic mass is 10.2. The highest BCUT2D eigenvalue weighted by Crippen LogP contribution is 2.31. The fraction of sp³-hybridized carbons (Fsp3) is 0.353. The zero-order valence-electron chi connectivity index (χ0n) is 12.7. The lowest BCUT2D eigenvalue weighted by Crippen LogP contribution is -2.26. The van der Waals surface area contributed by atoms with E-state index in [1.165, 1.54) is 5.56 Å². The molecule has 0 unspecified atom stereocenters. The molecule has 22 heavy (non-hydrogen) atoms. The highest BCUT2D eigenvalue weighted by atomic mass is 16.1. The number of aromatic nitrogens is 2. The number of hydrogen-bond donors (Lipinski definition) is 1. The average molecular weight is 296 g/mol. The van der Waals surface area contributed by atoms with E-state index in [2.05, 4.69) is 39.2 Å². The van der Waals surface area contributed by atoms with E-state index in [4.69, 9.17) is 0 Å². The van der Waals surface area contributed by atoms with Gasteiger partial charge in [-0.2, -0.15) is 0 Å². The van der Waals surface area contributed by atoms with Gasteiger partial charge < -0.3 is 10.2 Å². The number of fused-ring (bicyclic) bond motifs is 1. The molecule has 5 nitrogen and oxygen atoms in total. The smallest absolute Gasteiger partial charge is 0.270 e. The zero-order chi connectivity index (χ0) is 15.4. The number of hydrogen-bond acceptors (Lipinski definition) is 4. The van der Waals surface area contributed by atoms with Crippen LogP contribution in [0.4, 0.5) is 11.6 Å². The van der Waals surface area contributed by atoms with Gasteiger partial charge in [0.1, 0.15) is 5.69 Å². The molecule has 0 fully saturated rings. The number of nitrogens with one attached hydrogen (secondary N) is 1. The average Bonchev–Trinajstić information content (AvgIpc) is 2.99. The van der Waals surface area contributed by atoms with Gasteiger partial charge in [-0.1, -0.05) is 31.5 Å². The minimum atomic E-state index is -0.135. The van der Waals surface area contributed by atoms with Crippen LogP contribution in [-0.2, 0) is 6.42 Å². The van der Waals surface area contributed by atoms with Crippen molar-refractivity contribution in [1.29, 1.82) is 0 Å². The summed E-state index contributed by atoms with van der Waals surface area (Å²) in [5, 5.41) is 2.89. The Hall–Kier alpha value is -2.43. The molecule has 1 N–H and O–H groups in total. The summed E-state index contributed by atoms with van der Waals surface area (Å²) < 4.78 is 0. The number of amides is 1. The van der Waals surface area contributed by atoms with Gasteiger partial charge in [0.2, 0.25) is 5.95 Å². The molecule has 114 valence electrons. The van der Waals surface area contributed by atoms with E-state index in [1.807, 2.05) is 12.1 Å². The van der Waals surface area contributed by atoms with Gasteiger partial charge in [-0.3, -0.25) is 4.79 Å². The Labute approximate surface area is 130 Å². The van der Waals surface area contributed by atoms with Gasteiger partial charge in [0.25, 0.3) is 5.91 Å². The number of benzene rings is 1. The number of anilines is 2. The molecule has 0 radical (unpaired) electrons. The third kappa shape index (κ3) is 2.93. The van der Waals surface area contributed by atoms with E-state index in [0.717, 1.165) is 31.5 Å². The van der Waals surface area contributed by atoms with E-state index < -0.39 is 0 Å². The Morgan fingerprint density at radius 1 is 1.32 bits per heavy atom.